The first-order valence-electron chi connectivity index (χ1n) is 4.98. The average molecular weight is 216 g/mol. The van der Waals surface area contributed by atoms with Crippen LogP contribution in [0.15, 0.2) is 11.8 Å². The molecular weight excluding hydrogens is 192 g/mol. The first-order valence-corrected chi connectivity index (χ1v) is 12.3. The van der Waals surface area contributed by atoms with Crippen LogP contribution in [0.5, 0.6) is 0 Å². The van der Waals surface area contributed by atoms with Crippen LogP contribution in [0.1, 0.15) is 0 Å². The van der Waals surface area contributed by atoms with E-state index in [1.165, 1.54) is 0 Å². The smallest absolute Gasteiger partial charge is 0.0693 e. The van der Waals surface area contributed by atoms with Gasteiger partial charge >= 0.3 is 0 Å². The maximum absolute atomic E-state index is 9.72. The third kappa shape index (κ3) is 10.1. The van der Waals surface area contributed by atoms with Crippen LogP contribution in [-0.2, 0) is 0 Å². The van der Waals surface area contributed by atoms with Crippen molar-refractivity contribution in [3.63, 3.8) is 0 Å². The van der Waals surface area contributed by atoms with Crippen LogP contribution < -0.4 is 0 Å². The van der Waals surface area contributed by atoms with Crippen molar-refractivity contribution in [2.24, 2.45) is 0 Å². The largest absolute Gasteiger partial charge is 0.389 e. The molecule has 0 saturated carbocycles. The predicted octanol–water partition coefficient (Wildman–Crippen LogP) is 3.12. The number of hydrogen-bond acceptors (Lipinski definition) is 1. The molecule has 0 heterocycles. The number of rotatable bonds is 4. The molecule has 0 radical (unpaired) electrons. The van der Waals surface area contributed by atoms with E-state index in [1.54, 1.807) is 0 Å². The van der Waals surface area contributed by atoms with Gasteiger partial charge in [0.2, 0.25) is 0 Å². The van der Waals surface area contributed by atoms with Crippen molar-refractivity contribution in [1.82, 2.24) is 0 Å². The van der Waals surface area contributed by atoms with Crippen LogP contribution in [0.3, 0.4) is 0 Å². The molecule has 0 fully saturated rings. The van der Waals surface area contributed by atoms with Gasteiger partial charge in [-0.25, -0.2) is 0 Å². The summed E-state index contributed by atoms with van der Waals surface area (Å²) >= 11 is 0. The Morgan fingerprint density at radius 3 is 1.85 bits per heavy atom. The topological polar surface area (TPSA) is 20.2 Å². The Balaban J connectivity index is 4.02. The summed E-state index contributed by atoms with van der Waals surface area (Å²) in [6.07, 6.45) is 1.79. The molecule has 1 atom stereocenters. The third-order valence-corrected chi connectivity index (χ3v) is 4.48. The average Bonchev–Trinajstić information content (AvgIpc) is 1.78. The quantitative estimate of drug-likeness (QED) is 0.716. The van der Waals surface area contributed by atoms with Crippen LogP contribution in [-0.4, -0.2) is 27.4 Å². The first-order chi connectivity index (χ1) is 5.60. The lowest BCUT2D eigenvalue weighted by Gasteiger charge is -2.19. The summed E-state index contributed by atoms with van der Waals surface area (Å²) in [5.41, 5.74) is 2.23. The van der Waals surface area contributed by atoms with Gasteiger partial charge in [0.05, 0.1) is 14.2 Å². The lowest BCUT2D eigenvalue weighted by molar-refractivity contribution is 0.242. The Labute approximate surface area is 84.9 Å². The Hall–Kier alpha value is 0.134. The van der Waals surface area contributed by atoms with Crippen LogP contribution >= 0.6 is 0 Å². The fourth-order valence-electron chi connectivity index (χ4n) is 1.10. The lowest BCUT2D eigenvalue weighted by Crippen LogP contribution is -2.26. The van der Waals surface area contributed by atoms with Gasteiger partial charge in [0.1, 0.15) is 0 Å². The molecule has 13 heavy (non-hydrogen) atoms. The highest BCUT2D eigenvalue weighted by Crippen LogP contribution is 2.13. The molecule has 0 saturated heterocycles. The summed E-state index contributed by atoms with van der Waals surface area (Å²) in [7, 11) is -2.22. The molecule has 1 unspecified atom stereocenters. The molecule has 0 aliphatic carbocycles. The Morgan fingerprint density at radius 2 is 1.54 bits per heavy atom. The molecule has 0 spiro atoms. The van der Waals surface area contributed by atoms with Crippen molar-refractivity contribution >= 4 is 16.1 Å². The lowest BCUT2D eigenvalue weighted by atomic mass is 10.4. The van der Waals surface area contributed by atoms with E-state index < -0.39 is 16.1 Å². The Kier molecular flexibility index (Phi) is 4.62. The second kappa shape index (κ2) is 4.57. The zero-order chi connectivity index (χ0) is 10.7. The van der Waals surface area contributed by atoms with Crippen LogP contribution in [0.2, 0.25) is 45.3 Å². The van der Waals surface area contributed by atoms with Gasteiger partial charge in [-0.05, 0) is 6.04 Å². The van der Waals surface area contributed by atoms with E-state index in [2.05, 4.69) is 45.0 Å². The normalized spacial score (nSPS) is 16.5. The maximum atomic E-state index is 9.72. The molecule has 1 N–H and O–H groups in total. The highest BCUT2D eigenvalue weighted by molar-refractivity contribution is 6.81. The first kappa shape index (κ1) is 13.1. The van der Waals surface area contributed by atoms with Gasteiger partial charge in [0, 0.05) is 8.07 Å². The third-order valence-electron chi connectivity index (χ3n) is 1.64. The molecule has 0 aliphatic heterocycles. The standard InChI is InChI=1S/C10H24OSi2/c1-12(2,3)8-7-10(11)9-13(4,5)6/h7-8,10-11H,9H2,1-6H3/b8-7+. The van der Waals surface area contributed by atoms with Gasteiger partial charge in [0.15, 0.2) is 0 Å². The second-order valence-electron chi connectivity index (χ2n) is 6.06. The monoisotopic (exact) mass is 216 g/mol. The zero-order valence-corrected chi connectivity index (χ0v) is 11.9. The zero-order valence-electron chi connectivity index (χ0n) is 9.89. The molecule has 0 aliphatic rings. The van der Waals surface area contributed by atoms with Gasteiger partial charge < -0.3 is 5.11 Å². The van der Waals surface area contributed by atoms with Crippen molar-refractivity contribution in [2.45, 2.75) is 51.4 Å². The highest BCUT2D eigenvalue weighted by atomic mass is 28.3. The summed E-state index contributed by atoms with van der Waals surface area (Å²) in [5, 5.41) is 9.72. The summed E-state index contributed by atoms with van der Waals surface area (Å²) in [5.74, 6) is 0. The minimum absolute atomic E-state index is 0.210. The molecule has 0 aromatic heterocycles. The fourth-order valence-corrected chi connectivity index (χ4v) is 3.29. The molecule has 0 rings (SSSR count). The minimum atomic E-state index is -1.12. The molecule has 0 aromatic carbocycles. The summed E-state index contributed by atoms with van der Waals surface area (Å²) < 4.78 is 0. The number of aliphatic hydroxyl groups is 1. The molecular formula is C10H24OSi2. The van der Waals surface area contributed by atoms with Crippen molar-refractivity contribution in [2.75, 3.05) is 0 Å². The summed E-state index contributed by atoms with van der Waals surface area (Å²) in [4.78, 5) is 0. The Morgan fingerprint density at radius 1 is 1.08 bits per heavy atom. The van der Waals surface area contributed by atoms with E-state index in [-0.39, 0.29) is 6.10 Å². The van der Waals surface area contributed by atoms with E-state index in [9.17, 15) is 5.11 Å². The van der Waals surface area contributed by atoms with Crippen molar-refractivity contribution in [3.8, 4) is 0 Å². The van der Waals surface area contributed by atoms with E-state index in [1.807, 2.05) is 6.08 Å². The number of aliphatic hydroxyl groups excluding tert-OH is 1. The van der Waals surface area contributed by atoms with E-state index >= 15 is 0 Å². The summed E-state index contributed by atoms with van der Waals surface area (Å²) in [6, 6.07) is 0.980. The molecule has 1 nitrogen and oxygen atoms in total. The molecule has 0 bridgehead atoms. The van der Waals surface area contributed by atoms with Crippen LogP contribution in [0, 0.1) is 0 Å². The second-order valence-corrected chi connectivity index (χ2v) is 16.7. The van der Waals surface area contributed by atoms with Gasteiger partial charge in [-0.1, -0.05) is 51.1 Å². The van der Waals surface area contributed by atoms with Crippen LogP contribution in [0.4, 0.5) is 0 Å². The molecule has 78 valence electrons. The maximum Gasteiger partial charge on any atom is 0.0693 e. The van der Waals surface area contributed by atoms with Gasteiger partial charge in [0.25, 0.3) is 0 Å². The van der Waals surface area contributed by atoms with Crippen LogP contribution in [0.25, 0.3) is 0 Å². The van der Waals surface area contributed by atoms with Gasteiger partial charge in [-0.2, -0.15) is 0 Å². The molecule has 3 heteroatoms. The van der Waals surface area contributed by atoms with E-state index in [0.29, 0.717) is 0 Å². The molecule has 0 aromatic rings. The minimum Gasteiger partial charge on any atom is -0.389 e. The van der Waals surface area contributed by atoms with E-state index in [0.717, 1.165) is 6.04 Å². The van der Waals surface area contributed by atoms with E-state index in [4.69, 9.17) is 0 Å². The van der Waals surface area contributed by atoms with Gasteiger partial charge in [-0.3, -0.25) is 0 Å². The SMILES string of the molecule is C[Si](C)(C)/C=C/C(O)C[Si](C)(C)C. The number of hydrogen-bond donors (Lipinski definition) is 1. The van der Waals surface area contributed by atoms with Crippen molar-refractivity contribution in [1.29, 1.82) is 0 Å². The van der Waals surface area contributed by atoms with Crippen molar-refractivity contribution < 1.29 is 5.11 Å². The predicted molar refractivity (Wildman–Crippen MR) is 66.6 cm³/mol. The van der Waals surface area contributed by atoms with Gasteiger partial charge in [-0.15, -0.1) is 0 Å². The van der Waals surface area contributed by atoms with Crippen molar-refractivity contribution in [3.05, 3.63) is 11.8 Å². The summed E-state index contributed by atoms with van der Waals surface area (Å²) in [6.45, 7) is 13.7. The molecule has 0 amide bonds. The fraction of sp³-hybridized carbons (Fsp3) is 0.800. The Bertz CT molecular complexity index is 174. The highest BCUT2D eigenvalue weighted by Gasteiger charge is 2.17.